The fourth-order valence-corrected chi connectivity index (χ4v) is 5.85. The van der Waals surface area contributed by atoms with Crippen molar-refractivity contribution in [1.82, 2.24) is 14.5 Å². The number of hydrogen-bond acceptors (Lipinski definition) is 3. The van der Waals surface area contributed by atoms with Gasteiger partial charge < -0.3 is 14.4 Å². The maximum Gasteiger partial charge on any atom is 0.225 e. The lowest BCUT2D eigenvalue weighted by atomic mass is 9.89. The van der Waals surface area contributed by atoms with Gasteiger partial charge in [0.2, 0.25) is 11.9 Å². The largest absolute Gasteiger partial charge is 0.342 e. The zero-order chi connectivity index (χ0) is 22.9. The number of nitrogens with zero attached hydrogens (tertiary/aromatic N) is 4. The first-order chi connectivity index (χ1) is 16.0. The highest BCUT2D eigenvalue weighted by Gasteiger charge is 2.33. The number of hydrogen-bond donors (Lipinski definition) is 0. The van der Waals surface area contributed by atoms with Gasteiger partial charge in [0.1, 0.15) is 0 Å². The molecule has 0 saturated carbocycles. The first kappa shape index (κ1) is 22.0. The number of rotatable bonds is 4. The van der Waals surface area contributed by atoms with E-state index in [1.54, 1.807) is 0 Å². The second kappa shape index (κ2) is 9.20. The zero-order valence-corrected chi connectivity index (χ0v) is 20.2. The minimum atomic E-state index is 0.146. The molecule has 2 saturated heterocycles. The smallest absolute Gasteiger partial charge is 0.225 e. The van der Waals surface area contributed by atoms with Crippen LogP contribution in [-0.2, 0) is 11.3 Å². The second-order valence-corrected chi connectivity index (χ2v) is 10.4. The predicted molar refractivity (Wildman–Crippen MR) is 134 cm³/mol. The van der Waals surface area contributed by atoms with Gasteiger partial charge in [0.15, 0.2) is 0 Å². The average molecular weight is 445 g/mol. The Labute approximate surface area is 197 Å². The van der Waals surface area contributed by atoms with E-state index in [4.69, 9.17) is 4.98 Å². The molecule has 2 aromatic carbocycles. The van der Waals surface area contributed by atoms with Crippen LogP contribution in [0.2, 0.25) is 0 Å². The fraction of sp³-hybridized carbons (Fsp3) is 0.500. The van der Waals surface area contributed by atoms with Crippen LogP contribution in [-0.4, -0.2) is 46.5 Å². The molecule has 3 aromatic rings. The van der Waals surface area contributed by atoms with Gasteiger partial charge in [-0.3, -0.25) is 4.79 Å². The van der Waals surface area contributed by atoms with Crippen LogP contribution < -0.4 is 4.90 Å². The number of piperidine rings is 2. The summed E-state index contributed by atoms with van der Waals surface area (Å²) in [5, 5.41) is 0. The van der Waals surface area contributed by atoms with Gasteiger partial charge in [-0.1, -0.05) is 50.2 Å². The van der Waals surface area contributed by atoms with Gasteiger partial charge in [0, 0.05) is 32.1 Å². The Morgan fingerprint density at radius 2 is 1.64 bits per heavy atom. The maximum absolute atomic E-state index is 13.3. The quantitative estimate of drug-likeness (QED) is 0.561. The molecule has 1 amide bonds. The molecule has 0 N–H and O–H groups in total. The molecule has 1 aromatic heterocycles. The SMILES string of the molecule is Cc1ccccc1Cn1c(N2CCC(C(=O)N3C[C@H](C)C[C@H](C)C3)CC2)nc2ccccc21. The number of amides is 1. The molecule has 5 rings (SSSR count). The number of imidazole rings is 1. The molecule has 2 atom stereocenters. The summed E-state index contributed by atoms with van der Waals surface area (Å²) in [6, 6.07) is 17.0. The number of likely N-dealkylation sites (tertiary alicyclic amines) is 1. The van der Waals surface area contributed by atoms with Crippen molar-refractivity contribution < 1.29 is 4.79 Å². The first-order valence-corrected chi connectivity index (χ1v) is 12.5. The Morgan fingerprint density at radius 1 is 0.970 bits per heavy atom. The van der Waals surface area contributed by atoms with Crippen LogP contribution in [0.15, 0.2) is 48.5 Å². The van der Waals surface area contributed by atoms with Gasteiger partial charge in [-0.15, -0.1) is 0 Å². The van der Waals surface area contributed by atoms with Crippen molar-refractivity contribution in [3.63, 3.8) is 0 Å². The minimum Gasteiger partial charge on any atom is -0.342 e. The number of aryl methyl sites for hydroxylation is 1. The van der Waals surface area contributed by atoms with E-state index in [1.165, 1.54) is 23.1 Å². The van der Waals surface area contributed by atoms with E-state index >= 15 is 0 Å². The van der Waals surface area contributed by atoms with Crippen LogP contribution in [0.5, 0.6) is 0 Å². The Hall–Kier alpha value is -2.82. The molecule has 3 heterocycles. The third-order valence-corrected chi connectivity index (χ3v) is 7.53. The summed E-state index contributed by atoms with van der Waals surface area (Å²) in [5.41, 5.74) is 4.83. The highest BCUT2D eigenvalue weighted by Crippen LogP contribution is 2.30. The van der Waals surface area contributed by atoms with Crippen molar-refractivity contribution in [2.45, 2.75) is 46.6 Å². The topological polar surface area (TPSA) is 41.4 Å². The van der Waals surface area contributed by atoms with Gasteiger partial charge in [-0.05, 0) is 61.3 Å². The molecule has 5 heteroatoms. The summed E-state index contributed by atoms with van der Waals surface area (Å²) in [6.45, 7) is 11.2. The van der Waals surface area contributed by atoms with E-state index in [9.17, 15) is 4.79 Å². The summed E-state index contributed by atoms with van der Waals surface area (Å²) in [7, 11) is 0. The first-order valence-electron chi connectivity index (χ1n) is 12.5. The van der Waals surface area contributed by atoms with Crippen LogP contribution in [0, 0.1) is 24.7 Å². The second-order valence-electron chi connectivity index (χ2n) is 10.4. The monoisotopic (exact) mass is 444 g/mol. The Bertz CT molecular complexity index is 1120. The standard InChI is InChI=1S/C28H36N4O/c1-20-16-21(2)18-31(17-20)27(33)23-12-14-30(15-13-23)28-29-25-10-6-7-11-26(25)32(28)19-24-9-5-4-8-22(24)3/h4-11,20-21,23H,12-19H2,1-3H3/t20-,21+. The summed E-state index contributed by atoms with van der Waals surface area (Å²) in [5.74, 6) is 2.78. The van der Waals surface area contributed by atoms with Crippen molar-refractivity contribution in [2.24, 2.45) is 17.8 Å². The summed E-state index contributed by atoms with van der Waals surface area (Å²) < 4.78 is 2.35. The van der Waals surface area contributed by atoms with E-state index < -0.39 is 0 Å². The molecule has 0 unspecified atom stereocenters. The summed E-state index contributed by atoms with van der Waals surface area (Å²) in [4.78, 5) is 22.8. The molecule has 0 spiro atoms. The number of fused-ring (bicyclic) bond motifs is 1. The van der Waals surface area contributed by atoms with E-state index in [-0.39, 0.29) is 5.92 Å². The van der Waals surface area contributed by atoms with Gasteiger partial charge in [0.05, 0.1) is 17.6 Å². The Balaban J connectivity index is 1.34. The normalized spacial score (nSPS) is 22.2. The van der Waals surface area contributed by atoms with Crippen molar-refractivity contribution in [3.8, 4) is 0 Å². The molecule has 2 aliphatic rings. The molecule has 2 fully saturated rings. The number of carbonyl (C=O) groups excluding carboxylic acids is 1. The average Bonchev–Trinajstić information content (AvgIpc) is 3.18. The molecule has 2 aliphatic heterocycles. The molecule has 33 heavy (non-hydrogen) atoms. The van der Waals surface area contributed by atoms with Gasteiger partial charge in [-0.2, -0.15) is 0 Å². The van der Waals surface area contributed by atoms with Crippen molar-refractivity contribution in [3.05, 3.63) is 59.7 Å². The van der Waals surface area contributed by atoms with Crippen LogP contribution in [0.3, 0.4) is 0 Å². The summed E-state index contributed by atoms with van der Waals surface area (Å²) in [6.07, 6.45) is 3.05. The van der Waals surface area contributed by atoms with E-state index in [1.807, 2.05) is 0 Å². The molecule has 0 radical (unpaired) electrons. The number of anilines is 1. The van der Waals surface area contributed by atoms with Crippen molar-refractivity contribution >= 4 is 22.9 Å². The lowest BCUT2D eigenvalue weighted by Crippen LogP contribution is -2.48. The third-order valence-electron chi connectivity index (χ3n) is 7.53. The van der Waals surface area contributed by atoms with Crippen LogP contribution in [0.1, 0.15) is 44.2 Å². The minimum absolute atomic E-state index is 0.146. The molecule has 0 bridgehead atoms. The Kier molecular flexibility index (Phi) is 6.13. The predicted octanol–water partition coefficient (Wildman–Crippen LogP) is 5.11. The molecule has 174 valence electrons. The van der Waals surface area contributed by atoms with E-state index in [2.05, 4.69) is 83.7 Å². The highest BCUT2D eigenvalue weighted by atomic mass is 16.2. The van der Waals surface area contributed by atoms with Gasteiger partial charge in [-0.25, -0.2) is 4.98 Å². The molecule has 5 nitrogen and oxygen atoms in total. The number of para-hydroxylation sites is 2. The van der Waals surface area contributed by atoms with Crippen molar-refractivity contribution in [2.75, 3.05) is 31.1 Å². The van der Waals surface area contributed by atoms with Crippen molar-refractivity contribution in [1.29, 1.82) is 0 Å². The molecular weight excluding hydrogens is 408 g/mol. The van der Waals surface area contributed by atoms with Crippen LogP contribution in [0.4, 0.5) is 5.95 Å². The maximum atomic E-state index is 13.3. The van der Waals surface area contributed by atoms with Crippen LogP contribution >= 0.6 is 0 Å². The highest BCUT2D eigenvalue weighted by molar-refractivity contribution is 5.80. The zero-order valence-electron chi connectivity index (χ0n) is 20.2. The number of aromatic nitrogens is 2. The summed E-state index contributed by atoms with van der Waals surface area (Å²) >= 11 is 0. The van der Waals surface area contributed by atoms with E-state index in [0.717, 1.165) is 57.0 Å². The van der Waals surface area contributed by atoms with Crippen LogP contribution in [0.25, 0.3) is 11.0 Å². The number of benzene rings is 2. The van der Waals surface area contributed by atoms with Gasteiger partial charge >= 0.3 is 0 Å². The third kappa shape index (κ3) is 4.50. The Morgan fingerprint density at radius 3 is 2.36 bits per heavy atom. The molecule has 0 aliphatic carbocycles. The lowest BCUT2D eigenvalue weighted by Gasteiger charge is -2.39. The number of carbonyl (C=O) groups is 1. The fourth-order valence-electron chi connectivity index (χ4n) is 5.85. The lowest BCUT2D eigenvalue weighted by molar-refractivity contribution is -0.138. The van der Waals surface area contributed by atoms with Gasteiger partial charge in [0.25, 0.3) is 0 Å². The molecular formula is C28H36N4O. The van der Waals surface area contributed by atoms with E-state index in [0.29, 0.717) is 17.7 Å².